The molecule has 1 saturated carbocycles. The van der Waals surface area contributed by atoms with E-state index in [-0.39, 0.29) is 17.1 Å². The highest BCUT2D eigenvalue weighted by atomic mass is 19.1. The largest absolute Gasteiger partial charge is 0.398 e. The highest BCUT2D eigenvalue weighted by molar-refractivity contribution is 6.40. The van der Waals surface area contributed by atoms with Gasteiger partial charge >= 0.3 is 0 Å². The summed E-state index contributed by atoms with van der Waals surface area (Å²) in [5.74, 6) is 1.27. The standard InChI is InChI=1S/C13H21B2NO.C12H15FN4O/c14-13(15,12-4-6-17-7-5-12)16-8-10-2-1-3-11(10)9-16;1-17-12(18)8-4-7(5-9(13)6-8)10(14)2-3-11(15)16/h10-12H,1-9H2;2-6H,14-16H2,1H3,(H,17,18)/b;10-2-. The van der Waals surface area contributed by atoms with E-state index in [1.165, 1.54) is 50.6 Å². The van der Waals surface area contributed by atoms with E-state index in [1.54, 1.807) is 0 Å². The number of benzene rings is 1. The Balaban J connectivity index is 0.000000196. The fourth-order valence-corrected chi connectivity index (χ4v) is 5.28. The van der Waals surface area contributed by atoms with Crippen molar-refractivity contribution in [1.29, 1.82) is 0 Å². The second kappa shape index (κ2) is 12.0. The second-order valence-corrected chi connectivity index (χ2v) is 9.73. The molecule has 1 aliphatic carbocycles. The molecule has 0 bridgehead atoms. The maximum Gasteiger partial charge on any atom is 0.251 e. The number of likely N-dealkylation sites (tertiary alicyclic amines) is 1. The maximum absolute atomic E-state index is 13.4. The molecule has 2 heterocycles. The number of hydrogen-bond donors (Lipinski definition) is 4. The lowest BCUT2D eigenvalue weighted by atomic mass is 9.52. The first kappa shape index (κ1) is 27.1. The van der Waals surface area contributed by atoms with Gasteiger partial charge in [0, 0.05) is 50.2 Å². The van der Waals surface area contributed by atoms with Crippen molar-refractivity contribution in [3.8, 4) is 0 Å². The lowest BCUT2D eigenvalue weighted by Crippen LogP contribution is -2.55. The summed E-state index contributed by atoms with van der Waals surface area (Å²) in [6, 6.07) is 3.83. The lowest BCUT2D eigenvalue weighted by molar-refractivity contribution is 0.0375. The fraction of sp³-hybridized carbons (Fsp3) is 0.560. The topological polar surface area (TPSA) is 120 Å². The first-order valence-electron chi connectivity index (χ1n) is 12.2. The number of nitrogens with one attached hydrogen (secondary N) is 1. The number of nitrogens with two attached hydrogens (primary N) is 3. The minimum absolute atomic E-state index is 0.0841. The molecule has 35 heavy (non-hydrogen) atoms. The highest BCUT2D eigenvalue weighted by Crippen LogP contribution is 2.41. The third-order valence-electron chi connectivity index (χ3n) is 7.32. The Morgan fingerprint density at radius 1 is 1.06 bits per heavy atom. The Hall–Kier alpha value is -2.45. The molecule has 2 aliphatic heterocycles. The molecule has 1 aromatic rings. The van der Waals surface area contributed by atoms with Crippen molar-refractivity contribution < 1.29 is 13.9 Å². The summed E-state index contributed by atoms with van der Waals surface area (Å²) in [6.07, 6.45) is 9.02. The molecule has 7 nitrogen and oxygen atoms in total. The Labute approximate surface area is 210 Å². The molecule has 0 aromatic heterocycles. The van der Waals surface area contributed by atoms with E-state index in [1.807, 2.05) is 0 Å². The number of fused-ring (bicyclic) bond motifs is 1. The number of amides is 1. The van der Waals surface area contributed by atoms with Crippen molar-refractivity contribution in [1.82, 2.24) is 10.2 Å². The summed E-state index contributed by atoms with van der Waals surface area (Å²) in [4.78, 5) is 13.8. The van der Waals surface area contributed by atoms with Crippen LogP contribution in [0.5, 0.6) is 0 Å². The summed E-state index contributed by atoms with van der Waals surface area (Å²) < 4.78 is 18.8. The molecule has 4 rings (SSSR count). The van der Waals surface area contributed by atoms with E-state index >= 15 is 0 Å². The van der Waals surface area contributed by atoms with Crippen LogP contribution < -0.4 is 22.5 Å². The van der Waals surface area contributed by atoms with Crippen LogP contribution in [-0.2, 0) is 4.74 Å². The second-order valence-electron chi connectivity index (χ2n) is 9.73. The molecule has 4 radical (unpaired) electrons. The zero-order chi connectivity index (χ0) is 25.6. The van der Waals surface area contributed by atoms with Crippen LogP contribution in [0, 0.1) is 23.6 Å². The normalized spacial score (nSPS) is 23.2. The van der Waals surface area contributed by atoms with Crippen LogP contribution >= 0.6 is 0 Å². The van der Waals surface area contributed by atoms with E-state index in [0.29, 0.717) is 11.5 Å². The highest BCUT2D eigenvalue weighted by Gasteiger charge is 2.43. The van der Waals surface area contributed by atoms with Crippen LogP contribution in [0.25, 0.3) is 5.70 Å². The minimum Gasteiger partial charge on any atom is -0.398 e. The van der Waals surface area contributed by atoms with Gasteiger partial charge < -0.3 is 32.2 Å². The molecule has 10 heteroatoms. The Bertz CT molecular complexity index is 934. The molecule has 3 fully saturated rings. The van der Waals surface area contributed by atoms with Crippen molar-refractivity contribution in [3.63, 3.8) is 0 Å². The minimum atomic E-state index is -0.603. The van der Waals surface area contributed by atoms with Crippen molar-refractivity contribution in [3.05, 3.63) is 53.1 Å². The molecule has 0 spiro atoms. The number of hydrogen-bond acceptors (Lipinski definition) is 6. The molecule has 1 amide bonds. The molecular weight excluding hydrogens is 443 g/mol. The molecule has 2 unspecified atom stereocenters. The SMILES string of the molecule is CNC(=O)c1cc(F)cc(/C(N)=C/C=C(N)N)c1.[B]C([B])(C1CCOCC1)N1CC2CCCC2C1. The van der Waals surface area contributed by atoms with Gasteiger partial charge in [-0.1, -0.05) is 11.8 Å². The monoisotopic (exact) mass is 479 g/mol. The van der Waals surface area contributed by atoms with Crippen molar-refractivity contribution in [2.24, 2.45) is 35.0 Å². The summed E-state index contributed by atoms with van der Waals surface area (Å²) >= 11 is 0. The predicted octanol–water partition coefficient (Wildman–Crippen LogP) is 1.38. The fourth-order valence-electron chi connectivity index (χ4n) is 5.28. The van der Waals surface area contributed by atoms with Gasteiger partial charge in [0.05, 0.1) is 21.5 Å². The Morgan fingerprint density at radius 2 is 1.66 bits per heavy atom. The molecule has 2 atom stereocenters. The number of carbonyl (C=O) groups is 1. The third kappa shape index (κ3) is 7.04. The first-order valence-corrected chi connectivity index (χ1v) is 12.2. The number of rotatable bonds is 5. The smallest absolute Gasteiger partial charge is 0.251 e. The van der Waals surface area contributed by atoms with Gasteiger partial charge in [-0.25, -0.2) is 4.39 Å². The van der Waals surface area contributed by atoms with Crippen molar-refractivity contribution in [2.75, 3.05) is 33.4 Å². The van der Waals surface area contributed by atoms with Crippen LogP contribution in [-0.4, -0.2) is 65.2 Å². The number of allylic oxidation sites excluding steroid dienone is 2. The van der Waals surface area contributed by atoms with Gasteiger partial charge in [0.15, 0.2) is 0 Å². The average Bonchev–Trinajstić information content (AvgIpc) is 3.46. The Morgan fingerprint density at radius 3 is 2.23 bits per heavy atom. The predicted molar refractivity (Wildman–Crippen MR) is 139 cm³/mol. The summed E-state index contributed by atoms with van der Waals surface area (Å²) in [5.41, 5.74) is 17.1. The van der Waals surface area contributed by atoms with Gasteiger partial charge in [-0.3, -0.25) is 4.79 Å². The van der Waals surface area contributed by atoms with Gasteiger partial charge in [-0.15, -0.1) is 0 Å². The zero-order valence-corrected chi connectivity index (χ0v) is 20.5. The third-order valence-corrected chi connectivity index (χ3v) is 7.32. The quantitative estimate of drug-likeness (QED) is 0.375. The van der Waals surface area contributed by atoms with Gasteiger partial charge in [-0.05, 0) is 73.8 Å². The van der Waals surface area contributed by atoms with Crippen LogP contribution in [0.15, 0.2) is 36.2 Å². The maximum atomic E-state index is 13.4. The first-order chi connectivity index (χ1) is 16.6. The van der Waals surface area contributed by atoms with E-state index in [4.69, 9.17) is 37.6 Å². The van der Waals surface area contributed by atoms with Gasteiger partial charge in [-0.2, -0.15) is 0 Å². The van der Waals surface area contributed by atoms with E-state index in [9.17, 15) is 9.18 Å². The van der Waals surface area contributed by atoms with Crippen molar-refractivity contribution >= 4 is 27.3 Å². The summed E-state index contributed by atoms with van der Waals surface area (Å²) in [5, 5.41) is 1.80. The molecule has 1 aromatic carbocycles. The number of halogens is 1. The molecule has 2 saturated heterocycles. The van der Waals surface area contributed by atoms with Crippen LogP contribution in [0.4, 0.5) is 4.39 Å². The van der Waals surface area contributed by atoms with Gasteiger partial charge in [0.1, 0.15) is 5.82 Å². The van der Waals surface area contributed by atoms with Crippen molar-refractivity contribution in [2.45, 2.75) is 37.4 Å². The van der Waals surface area contributed by atoms with E-state index < -0.39 is 17.1 Å². The van der Waals surface area contributed by atoms with Crippen LogP contribution in [0.3, 0.4) is 0 Å². The number of carbonyl (C=O) groups excluding carboxylic acids is 1. The Kier molecular flexibility index (Phi) is 9.30. The number of ether oxygens (including phenoxy) is 1. The van der Waals surface area contributed by atoms with Gasteiger partial charge in [0.2, 0.25) is 0 Å². The molecule has 3 aliphatic rings. The van der Waals surface area contributed by atoms with Gasteiger partial charge in [0.25, 0.3) is 5.91 Å². The summed E-state index contributed by atoms with van der Waals surface area (Å²) in [7, 11) is 14.4. The molecular formula is C25H36B2FN5O2. The average molecular weight is 479 g/mol. The van der Waals surface area contributed by atoms with E-state index in [0.717, 1.165) is 57.0 Å². The number of nitrogens with zero attached hydrogens (tertiary/aromatic N) is 1. The van der Waals surface area contributed by atoms with Crippen LogP contribution in [0.1, 0.15) is 48.0 Å². The van der Waals surface area contributed by atoms with Crippen LogP contribution in [0.2, 0.25) is 0 Å². The lowest BCUT2D eigenvalue weighted by Gasteiger charge is -2.45. The summed E-state index contributed by atoms with van der Waals surface area (Å²) in [6.45, 7) is 3.88. The molecule has 7 N–H and O–H groups in total. The van der Waals surface area contributed by atoms with E-state index in [2.05, 4.69) is 10.2 Å². The zero-order valence-electron chi connectivity index (χ0n) is 20.5. The molecule has 186 valence electrons.